The molecule has 0 unspecified atom stereocenters. The fourth-order valence-corrected chi connectivity index (χ4v) is 1.91. The highest BCUT2D eigenvalue weighted by Crippen LogP contribution is 2.18. The maximum absolute atomic E-state index is 11.1. The van der Waals surface area contributed by atoms with Crippen molar-refractivity contribution in [2.45, 2.75) is 25.7 Å². The zero-order valence-corrected chi connectivity index (χ0v) is 10.4. The minimum atomic E-state index is -0.132. The molecule has 0 aliphatic heterocycles. The lowest BCUT2D eigenvalue weighted by atomic mass is 9.92. The number of methoxy groups -OCH3 is 1. The normalized spacial score (nSPS) is 11.8. The Morgan fingerprint density at radius 1 is 1.41 bits per heavy atom. The summed E-state index contributed by atoms with van der Waals surface area (Å²) in [6.07, 6.45) is 5.19. The van der Waals surface area contributed by atoms with Gasteiger partial charge < -0.3 is 4.74 Å². The van der Waals surface area contributed by atoms with Crippen LogP contribution in [-0.2, 0) is 16.0 Å². The molecule has 0 bridgehead atoms. The molecule has 0 spiro atoms. The summed E-state index contributed by atoms with van der Waals surface area (Å²) >= 11 is 0. The number of benzene rings is 1. The second-order valence-electron chi connectivity index (χ2n) is 4.19. The van der Waals surface area contributed by atoms with Crippen LogP contribution in [0.2, 0.25) is 0 Å². The zero-order valence-electron chi connectivity index (χ0n) is 10.4. The highest BCUT2D eigenvalue weighted by Gasteiger charge is 2.11. The van der Waals surface area contributed by atoms with Crippen LogP contribution >= 0.6 is 0 Å². The number of hydrogen-bond donors (Lipinski definition) is 0. The Kier molecular flexibility index (Phi) is 6.08. The first-order valence-electron chi connectivity index (χ1n) is 5.98. The van der Waals surface area contributed by atoms with Crippen molar-refractivity contribution in [1.29, 1.82) is 0 Å². The molecule has 0 fully saturated rings. The van der Waals surface area contributed by atoms with Gasteiger partial charge in [-0.25, -0.2) is 0 Å². The molecule has 1 aromatic carbocycles. The van der Waals surface area contributed by atoms with Gasteiger partial charge in [-0.15, -0.1) is 6.58 Å². The number of carbonyl (C=O) groups excluding carboxylic acids is 1. The monoisotopic (exact) mass is 232 g/mol. The number of ether oxygens (including phenoxy) is 1. The third-order valence-electron chi connectivity index (χ3n) is 2.85. The second-order valence-corrected chi connectivity index (χ2v) is 4.19. The molecule has 0 N–H and O–H groups in total. The topological polar surface area (TPSA) is 26.3 Å². The number of carbonyl (C=O) groups is 1. The van der Waals surface area contributed by atoms with E-state index in [1.165, 1.54) is 12.7 Å². The van der Waals surface area contributed by atoms with Crippen molar-refractivity contribution < 1.29 is 9.53 Å². The number of allylic oxidation sites excluding steroid dienone is 1. The van der Waals surface area contributed by atoms with Gasteiger partial charge in [-0.05, 0) is 30.7 Å². The predicted octanol–water partition coefficient (Wildman–Crippen LogP) is 3.37. The molecule has 0 saturated carbocycles. The molecule has 0 aromatic heterocycles. The quantitative estimate of drug-likeness (QED) is 0.532. The summed E-state index contributed by atoms with van der Waals surface area (Å²) in [5.41, 5.74) is 1.31. The van der Waals surface area contributed by atoms with Gasteiger partial charge in [0.1, 0.15) is 0 Å². The number of rotatable bonds is 7. The largest absolute Gasteiger partial charge is 0.469 e. The smallest absolute Gasteiger partial charge is 0.305 e. The van der Waals surface area contributed by atoms with Crippen molar-refractivity contribution >= 4 is 5.97 Å². The molecule has 0 saturated heterocycles. The molecule has 1 atom stereocenters. The van der Waals surface area contributed by atoms with Crippen LogP contribution < -0.4 is 0 Å². The minimum Gasteiger partial charge on any atom is -0.469 e. The van der Waals surface area contributed by atoms with Crippen molar-refractivity contribution in [3.05, 3.63) is 48.6 Å². The van der Waals surface area contributed by atoms with E-state index in [-0.39, 0.29) is 5.97 Å². The molecule has 0 radical (unpaired) electrons. The highest BCUT2D eigenvalue weighted by atomic mass is 16.5. The van der Waals surface area contributed by atoms with Gasteiger partial charge in [0.15, 0.2) is 0 Å². The lowest BCUT2D eigenvalue weighted by Crippen LogP contribution is -2.08. The molecule has 1 rings (SSSR count). The molecule has 0 aliphatic carbocycles. The molecule has 2 nitrogen and oxygen atoms in total. The summed E-state index contributed by atoms with van der Waals surface area (Å²) in [4.78, 5) is 11.1. The lowest BCUT2D eigenvalue weighted by molar-refractivity contribution is -0.140. The Hall–Kier alpha value is -1.57. The molecule has 0 aliphatic rings. The van der Waals surface area contributed by atoms with E-state index in [2.05, 4.69) is 23.4 Å². The maximum Gasteiger partial charge on any atom is 0.305 e. The average Bonchev–Trinajstić information content (AvgIpc) is 2.37. The van der Waals surface area contributed by atoms with E-state index in [0.717, 1.165) is 19.3 Å². The van der Waals surface area contributed by atoms with Crippen LogP contribution in [0.3, 0.4) is 0 Å². The van der Waals surface area contributed by atoms with E-state index in [4.69, 9.17) is 0 Å². The van der Waals surface area contributed by atoms with Crippen molar-refractivity contribution in [2.75, 3.05) is 7.11 Å². The minimum absolute atomic E-state index is 0.132. The first-order valence-corrected chi connectivity index (χ1v) is 5.98. The van der Waals surface area contributed by atoms with Crippen LogP contribution in [-0.4, -0.2) is 13.1 Å². The van der Waals surface area contributed by atoms with Crippen molar-refractivity contribution in [1.82, 2.24) is 0 Å². The van der Waals surface area contributed by atoms with Crippen molar-refractivity contribution in [3.8, 4) is 0 Å². The van der Waals surface area contributed by atoms with E-state index >= 15 is 0 Å². The molecular formula is C15H20O2. The second kappa shape index (κ2) is 7.66. The summed E-state index contributed by atoms with van der Waals surface area (Å²) in [5, 5.41) is 0. The zero-order chi connectivity index (χ0) is 12.5. The van der Waals surface area contributed by atoms with Crippen LogP contribution in [0.15, 0.2) is 43.0 Å². The summed E-state index contributed by atoms with van der Waals surface area (Å²) in [7, 11) is 1.43. The average molecular weight is 232 g/mol. The lowest BCUT2D eigenvalue weighted by Gasteiger charge is -2.14. The van der Waals surface area contributed by atoms with Gasteiger partial charge in [0, 0.05) is 6.42 Å². The van der Waals surface area contributed by atoms with Crippen LogP contribution in [0.4, 0.5) is 0 Å². The third-order valence-corrected chi connectivity index (χ3v) is 2.85. The van der Waals surface area contributed by atoms with E-state index in [0.29, 0.717) is 12.3 Å². The molecule has 92 valence electrons. The number of esters is 1. The van der Waals surface area contributed by atoms with Gasteiger partial charge in [0.05, 0.1) is 7.11 Å². The Morgan fingerprint density at radius 2 is 2.12 bits per heavy atom. The first-order chi connectivity index (χ1) is 8.26. The van der Waals surface area contributed by atoms with Crippen molar-refractivity contribution in [3.63, 3.8) is 0 Å². The third kappa shape index (κ3) is 5.34. The predicted molar refractivity (Wildman–Crippen MR) is 69.7 cm³/mol. The van der Waals surface area contributed by atoms with Crippen molar-refractivity contribution in [2.24, 2.45) is 5.92 Å². The van der Waals surface area contributed by atoms with Crippen LogP contribution in [0.5, 0.6) is 0 Å². The summed E-state index contributed by atoms with van der Waals surface area (Å²) in [5.74, 6) is 0.334. The van der Waals surface area contributed by atoms with Crippen LogP contribution in [0.1, 0.15) is 24.8 Å². The van der Waals surface area contributed by atoms with Crippen LogP contribution in [0.25, 0.3) is 0 Å². The molecular weight excluding hydrogens is 212 g/mol. The van der Waals surface area contributed by atoms with Gasteiger partial charge in [-0.2, -0.15) is 0 Å². The fraction of sp³-hybridized carbons (Fsp3) is 0.400. The fourth-order valence-electron chi connectivity index (χ4n) is 1.91. The Balaban J connectivity index is 2.48. The Morgan fingerprint density at radius 3 is 2.71 bits per heavy atom. The SMILES string of the molecule is C=CC[C@@H](CCC(=O)OC)Cc1ccccc1. The molecule has 0 amide bonds. The highest BCUT2D eigenvalue weighted by molar-refractivity contribution is 5.69. The van der Waals surface area contributed by atoms with Crippen LogP contribution in [0, 0.1) is 5.92 Å². The Bertz CT molecular complexity index is 343. The molecule has 17 heavy (non-hydrogen) atoms. The summed E-state index contributed by atoms with van der Waals surface area (Å²) in [6.45, 7) is 3.77. The molecule has 1 aromatic rings. The van der Waals surface area contributed by atoms with E-state index in [1.54, 1.807) is 0 Å². The standard InChI is InChI=1S/C15H20O2/c1-3-7-13(10-11-15(16)17-2)12-14-8-5-4-6-9-14/h3-6,8-9,13H,1,7,10-12H2,2H3/t13-/m0/s1. The van der Waals surface area contributed by atoms with E-state index in [1.807, 2.05) is 24.3 Å². The van der Waals surface area contributed by atoms with Gasteiger partial charge in [-0.1, -0.05) is 36.4 Å². The summed E-state index contributed by atoms with van der Waals surface area (Å²) in [6, 6.07) is 10.3. The van der Waals surface area contributed by atoms with Gasteiger partial charge in [0.25, 0.3) is 0 Å². The molecule has 0 heterocycles. The van der Waals surface area contributed by atoms with Gasteiger partial charge in [0.2, 0.25) is 0 Å². The molecule has 2 heteroatoms. The number of hydrogen-bond acceptors (Lipinski definition) is 2. The van der Waals surface area contributed by atoms with E-state index in [9.17, 15) is 4.79 Å². The van der Waals surface area contributed by atoms with E-state index < -0.39 is 0 Å². The summed E-state index contributed by atoms with van der Waals surface area (Å²) < 4.78 is 4.66. The first kappa shape index (κ1) is 13.5. The van der Waals surface area contributed by atoms with Gasteiger partial charge >= 0.3 is 5.97 Å². The van der Waals surface area contributed by atoms with Gasteiger partial charge in [-0.3, -0.25) is 4.79 Å². The Labute approximate surface area is 103 Å². The maximum atomic E-state index is 11.1.